The SMILES string of the molecule is Cc1ncc(CN2CCC(C#N)C(n3cc([N+](N)=O)c(Nc4ccc(F)cc4)n3)C2)s1. The average Bonchev–Trinajstić information content (AvgIpc) is 3.36. The summed E-state index contributed by atoms with van der Waals surface area (Å²) in [7, 11) is 0. The number of aromatic nitrogens is 3. The van der Waals surface area contributed by atoms with Crippen LogP contribution in [0.3, 0.4) is 0 Å². The molecule has 1 fully saturated rings. The van der Waals surface area contributed by atoms with Crippen LogP contribution in [0, 0.1) is 34.9 Å². The molecular formula is C20H22FN8OS+. The number of nitrogens with one attached hydrogen (secondary N) is 1. The van der Waals surface area contributed by atoms with Gasteiger partial charge >= 0.3 is 5.69 Å². The van der Waals surface area contributed by atoms with Crippen molar-refractivity contribution >= 4 is 28.5 Å². The third-order valence-electron chi connectivity index (χ3n) is 5.28. The van der Waals surface area contributed by atoms with Gasteiger partial charge in [0, 0.05) is 29.9 Å². The van der Waals surface area contributed by atoms with E-state index in [2.05, 4.69) is 26.4 Å². The molecule has 160 valence electrons. The number of nitroso groups, excluding NO2 is 1. The summed E-state index contributed by atoms with van der Waals surface area (Å²) in [5.74, 6) is 5.11. The van der Waals surface area contributed by atoms with E-state index in [9.17, 15) is 14.6 Å². The number of rotatable bonds is 6. The smallest absolute Gasteiger partial charge is 0.333 e. The summed E-state index contributed by atoms with van der Waals surface area (Å²) in [5, 5.41) is 18.2. The van der Waals surface area contributed by atoms with Crippen LogP contribution in [0.2, 0.25) is 0 Å². The first-order valence-corrected chi connectivity index (χ1v) is 10.6. The molecule has 11 heteroatoms. The number of halogens is 1. The number of benzene rings is 1. The van der Waals surface area contributed by atoms with Crippen LogP contribution in [0.25, 0.3) is 0 Å². The maximum Gasteiger partial charge on any atom is 0.353 e. The van der Waals surface area contributed by atoms with Crippen LogP contribution >= 0.6 is 11.3 Å². The van der Waals surface area contributed by atoms with Crippen molar-refractivity contribution < 1.29 is 9.26 Å². The standard InChI is InChI=1S/C20H22FN8OS/c1-13-24-9-17(31-13)10-27-7-6-14(8-22)18(11-27)28-12-19(29(23)30)20(26-28)25-16-4-2-15(21)3-5-16/h2-5,9,12,14,18H,6-7,10-11H2,1H3,(H2,23,30)(H,25,26)/q+1. The fourth-order valence-electron chi connectivity index (χ4n) is 3.73. The maximum atomic E-state index is 13.2. The number of thiazole rings is 1. The molecule has 1 saturated heterocycles. The Morgan fingerprint density at radius 2 is 2.19 bits per heavy atom. The van der Waals surface area contributed by atoms with E-state index >= 15 is 0 Å². The predicted octanol–water partition coefficient (Wildman–Crippen LogP) is 3.40. The summed E-state index contributed by atoms with van der Waals surface area (Å²) < 4.78 is 14.8. The Balaban J connectivity index is 1.58. The van der Waals surface area contributed by atoms with Crippen LogP contribution in [0.15, 0.2) is 36.7 Å². The number of hydrazine groups is 1. The molecule has 0 aliphatic carbocycles. The first-order chi connectivity index (χ1) is 14.9. The molecule has 4 rings (SSSR count). The number of nitrogens with two attached hydrogens (primary N) is 1. The van der Waals surface area contributed by atoms with Crippen molar-refractivity contribution in [2.45, 2.75) is 25.9 Å². The molecule has 9 nitrogen and oxygen atoms in total. The van der Waals surface area contributed by atoms with E-state index in [0.717, 1.165) is 18.1 Å². The monoisotopic (exact) mass is 441 g/mol. The summed E-state index contributed by atoms with van der Waals surface area (Å²) in [6.07, 6.45) is 4.12. The second-order valence-electron chi connectivity index (χ2n) is 7.47. The van der Waals surface area contributed by atoms with Crippen molar-refractivity contribution in [2.75, 3.05) is 18.4 Å². The first-order valence-electron chi connectivity index (χ1n) is 9.80. The van der Waals surface area contributed by atoms with Gasteiger partial charge in [-0.1, -0.05) is 0 Å². The number of hydrogen-bond donors (Lipinski definition) is 2. The molecule has 3 N–H and O–H groups in total. The quantitative estimate of drug-likeness (QED) is 0.342. The Morgan fingerprint density at radius 3 is 2.84 bits per heavy atom. The van der Waals surface area contributed by atoms with Gasteiger partial charge in [-0.2, -0.15) is 11.1 Å². The number of nitriles is 1. The molecule has 1 aliphatic heterocycles. The molecule has 0 amide bonds. The van der Waals surface area contributed by atoms with Gasteiger partial charge in [-0.25, -0.2) is 9.37 Å². The molecule has 1 aromatic carbocycles. The van der Waals surface area contributed by atoms with E-state index < -0.39 is 0 Å². The molecule has 3 aromatic rings. The summed E-state index contributed by atoms with van der Waals surface area (Å²) >= 11 is 1.66. The Bertz CT molecular complexity index is 1120. The van der Waals surface area contributed by atoms with Gasteiger partial charge in [-0.3, -0.25) is 9.58 Å². The van der Waals surface area contributed by atoms with Crippen LogP contribution < -0.4 is 11.2 Å². The van der Waals surface area contributed by atoms with Gasteiger partial charge in [0.1, 0.15) is 12.0 Å². The number of anilines is 2. The van der Waals surface area contributed by atoms with Gasteiger partial charge in [0.15, 0.2) is 4.87 Å². The summed E-state index contributed by atoms with van der Waals surface area (Å²) in [6.45, 7) is 4.13. The Hall–Kier alpha value is -3.36. The highest BCUT2D eigenvalue weighted by atomic mass is 32.1. The van der Waals surface area contributed by atoms with Crippen molar-refractivity contribution in [3.8, 4) is 6.07 Å². The number of nitrogens with zero attached hydrogens (tertiary/aromatic N) is 6. The van der Waals surface area contributed by atoms with Crippen LogP contribution in [0.4, 0.5) is 21.6 Å². The van der Waals surface area contributed by atoms with E-state index in [-0.39, 0.29) is 34.2 Å². The van der Waals surface area contributed by atoms with Crippen LogP contribution in [0.1, 0.15) is 22.3 Å². The lowest BCUT2D eigenvalue weighted by atomic mass is 9.93. The third-order valence-corrected chi connectivity index (χ3v) is 6.17. The average molecular weight is 442 g/mol. The molecule has 1 aliphatic rings. The number of piperidine rings is 1. The highest BCUT2D eigenvalue weighted by Crippen LogP contribution is 2.33. The van der Waals surface area contributed by atoms with E-state index in [0.29, 0.717) is 18.7 Å². The minimum Gasteiger partial charge on any atom is -0.333 e. The zero-order chi connectivity index (χ0) is 22.0. The Kier molecular flexibility index (Phi) is 5.92. The minimum absolute atomic E-state index is 0.135. The van der Waals surface area contributed by atoms with Gasteiger partial charge < -0.3 is 5.32 Å². The number of hydrogen-bond acceptors (Lipinski definition) is 7. The van der Waals surface area contributed by atoms with Gasteiger partial charge in [0.25, 0.3) is 0 Å². The topological polar surface area (TPSA) is 116 Å². The summed E-state index contributed by atoms with van der Waals surface area (Å²) in [6, 6.07) is 7.83. The normalized spacial score (nSPS) is 19.1. The summed E-state index contributed by atoms with van der Waals surface area (Å²) in [4.78, 5) is 19.9. The third kappa shape index (κ3) is 4.70. The first kappa shape index (κ1) is 20.9. The van der Waals surface area contributed by atoms with Gasteiger partial charge in [0.2, 0.25) is 5.82 Å². The van der Waals surface area contributed by atoms with Gasteiger partial charge in [-0.15, -0.1) is 16.4 Å². The molecule has 0 bridgehead atoms. The maximum absolute atomic E-state index is 13.2. The highest BCUT2D eigenvalue weighted by Gasteiger charge is 2.34. The fraction of sp³-hybridized carbons (Fsp3) is 0.350. The minimum atomic E-state index is -0.365. The molecular weight excluding hydrogens is 419 g/mol. The number of likely N-dealkylation sites (tertiary alicyclic amines) is 1. The Labute approximate surface area is 182 Å². The lowest BCUT2D eigenvalue weighted by molar-refractivity contribution is -0.474. The number of aryl methyl sites for hydroxylation is 1. The summed E-state index contributed by atoms with van der Waals surface area (Å²) in [5.41, 5.74) is 0.702. The van der Waals surface area contributed by atoms with E-state index in [1.165, 1.54) is 17.0 Å². The van der Waals surface area contributed by atoms with Gasteiger partial charge in [-0.05, 0) is 44.2 Å². The molecule has 0 radical (unpaired) electrons. The van der Waals surface area contributed by atoms with Crippen molar-refractivity contribution in [1.82, 2.24) is 19.7 Å². The zero-order valence-corrected chi connectivity index (χ0v) is 17.7. The lowest BCUT2D eigenvalue weighted by Gasteiger charge is -2.35. The van der Waals surface area contributed by atoms with Crippen LogP contribution in [-0.4, -0.2) is 37.6 Å². The van der Waals surface area contributed by atoms with Crippen LogP contribution in [0.5, 0.6) is 0 Å². The molecule has 0 spiro atoms. The van der Waals surface area contributed by atoms with E-state index in [1.54, 1.807) is 34.3 Å². The molecule has 31 heavy (non-hydrogen) atoms. The predicted molar refractivity (Wildman–Crippen MR) is 114 cm³/mol. The molecule has 3 heterocycles. The second-order valence-corrected chi connectivity index (χ2v) is 8.79. The Morgan fingerprint density at radius 1 is 1.42 bits per heavy atom. The largest absolute Gasteiger partial charge is 0.353 e. The van der Waals surface area contributed by atoms with Crippen molar-refractivity contribution in [1.29, 1.82) is 5.26 Å². The molecule has 2 atom stereocenters. The van der Waals surface area contributed by atoms with E-state index in [4.69, 9.17) is 5.84 Å². The second kappa shape index (κ2) is 8.79. The van der Waals surface area contributed by atoms with Crippen molar-refractivity contribution in [3.05, 3.63) is 57.3 Å². The molecule has 0 saturated carbocycles. The van der Waals surface area contributed by atoms with Crippen molar-refractivity contribution in [3.63, 3.8) is 0 Å². The molecule has 2 aromatic heterocycles. The van der Waals surface area contributed by atoms with E-state index in [1.807, 2.05) is 13.1 Å². The van der Waals surface area contributed by atoms with Gasteiger partial charge in [0.05, 0.1) is 27.9 Å². The zero-order valence-electron chi connectivity index (χ0n) is 16.9. The van der Waals surface area contributed by atoms with Crippen LogP contribution in [-0.2, 0) is 6.54 Å². The highest BCUT2D eigenvalue weighted by molar-refractivity contribution is 7.11. The fourth-order valence-corrected chi connectivity index (χ4v) is 4.57. The lowest BCUT2D eigenvalue weighted by Crippen LogP contribution is -2.40. The molecule has 2 unspecified atom stereocenters. The van der Waals surface area contributed by atoms with Crippen molar-refractivity contribution in [2.24, 2.45) is 11.8 Å².